The van der Waals surface area contributed by atoms with E-state index in [0.717, 1.165) is 50.5 Å². The zero-order valence-electron chi connectivity index (χ0n) is 11.4. The van der Waals surface area contributed by atoms with Crippen molar-refractivity contribution in [2.45, 2.75) is 38.1 Å². The van der Waals surface area contributed by atoms with E-state index in [0.29, 0.717) is 0 Å². The van der Waals surface area contributed by atoms with Gasteiger partial charge in [0.05, 0.1) is 12.3 Å². The van der Waals surface area contributed by atoms with Crippen molar-refractivity contribution < 1.29 is 17.2 Å². The van der Waals surface area contributed by atoms with E-state index in [-0.39, 0.29) is 11.5 Å². The van der Waals surface area contributed by atoms with Gasteiger partial charge in [-0.15, -0.1) is 0 Å². The fraction of sp³-hybridized carbons (Fsp3) is 0.571. The second kappa shape index (κ2) is 6.18. The second-order valence-electron chi connectivity index (χ2n) is 5.43. The van der Waals surface area contributed by atoms with Gasteiger partial charge >= 0.3 is 0 Å². The Kier molecular flexibility index (Phi) is 4.75. The quantitative estimate of drug-likeness (QED) is 0.929. The highest BCUT2D eigenvalue weighted by Crippen LogP contribution is 2.35. The topological polar surface area (TPSA) is 46.2 Å². The van der Waals surface area contributed by atoms with Crippen LogP contribution >= 0.6 is 0 Å². The normalized spacial score (nSPS) is 18.9. The molecule has 6 heteroatoms. The molecule has 1 N–H and O–H groups in total. The highest BCUT2D eigenvalue weighted by Gasteiger charge is 2.29. The molecule has 3 nitrogen and oxygen atoms in total. The molecule has 1 fully saturated rings. The maximum Gasteiger partial charge on any atom is 0.209 e. The van der Waals surface area contributed by atoms with Crippen LogP contribution in [0.4, 0.5) is 8.78 Å². The van der Waals surface area contributed by atoms with Crippen molar-refractivity contribution >= 4 is 10.0 Å². The number of benzene rings is 1. The van der Waals surface area contributed by atoms with Gasteiger partial charge in [-0.2, -0.15) is 0 Å². The fourth-order valence-corrected chi connectivity index (χ4v) is 3.65. The summed E-state index contributed by atoms with van der Waals surface area (Å²) >= 11 is 0. The van der Waals surface area contributed by atoms with E-state index in [4.69, 9.17) is 0 Å². The van der Waals surface area contributed by atoms with Gasteiger partial charge in [0.25, 0.3) is 0 Å². The largest absolute Gasteiger partial charge is 0.213 e. The molecule has 0 aliphatic heterocycles. The molecule has 0 radical (unpaired) electrons. The third-order valence-electron chi connectivity index (χ3n) is 3.76. The van der Waals surface area contributed by atoms with Crippen LogP contribution in [0.1, 0.15) is 43.7 Å². The molecule has 20 heavy (non-hydrogen) atoms. The number of sulfonamides is 1. The number of nitrogens with one attached hydrogen (secondary N) is 1. The first-order chi connectivity index (χ1) is 9.37. The first kappa shape index (κ1) is 15.4. The van der Waals surface area contributed by atoms with Crippen LogP contribution in [0.25, 0.3) is 0 Å². The Morgan fingerprint density at radius 2 is 1.85 bits per heavy atom. The van der Waals surface area contributed by atoms with Gasteiger partial charge < -0.3 is 0 Å². The Balaban J connectivity index is 2.34. The summed E-state index contributed by atoms with van der Waals surface area (Å²) in [6.45, 7) is 0. The Morgan fingerprint density at radius 1 is 1.20 bits per heavy atom. The minimum atomic E-state index is -3.46. The smallest absolute Gasteiger partial charge is 0.209 e. The molecular formula is C14H19F2NO2S. The molecule has 2 rings (SSSR count). The van der Waals surface area contributed by atoms with Gasteiger partial charge in [0.2, 0.25) is 10.0 Å². The van der Waals surface area contributed by atoms with Crippen LogP contribution < -0.4 is 4.72 Å². The van der Waals surface area contributed by atoms with Gasteiger partial charge in [-0.3, -0.25) is 0 Å². The number of halogens is 2. The summed E-state index contributed by atoms with van der Waals surface area (Å²) in [6.07, 6.45) is 5.90. The molecule has 1 saturated carbocycles. The molecule has 1 aromatic rings. The molecule has 1 unspecified atom stereocenters. The highest BCUT2D eigenvalue weighted by molar-refractivity contribution is 7.88. The van der Waals surface area contributed by atoms with E-state index in [9.17, 15) is 17.2 Å². The van der Waals surface area contributed by atoms with Crippen molar-refractivity contribution in [3.05, 3.63) is 35.4 Å². The summed E-state index contributed by atoms with van der Waals surface area (Å²) in [5, 5.41) is 0. The molecule has 0 heterocycles. The van der Waals surface area contributed by atoms with Gasteiger partial charge in [0.1, 0.15) is 11.6 Å². The van der Waals surface area contributed by atoms with Crippen molar-refractivity contribution in [1.82, 2.24) is 4.72 Å². The molecule has 1 aromatic carbocycles. The highest BCUT2D eigenvalue weighted by atomic mass is 32.2. The molecule has 1 aliphatic carbocycles. The molecule has 0 saturated heterocycles. The number of hydrogen-bond donors (Lipinski definition) is 1. The molecule has 0 amide bonds. The third kappa shape index (κ3) is 3.99. The zero-order chi connectivity index (χ0) is 14.8. The Bertz CT molecular complexity index is 569. The minimum absolute atomic E-state index is 0.0541. The van der Waals surface area contributed by atoms with Gasteiger partial charge in [0, 0.05) is 11.6 Å². The monoisotopic (exact) mass is 303 g/mol. The van der Waals surface area contributed by atoms with Crippen LogP contribution in [0.15, 0.2) is 18.2 Å². The molecule has 112 valence electrons. The van der Waals surface area contributed by atoms with E-state index in [2.05, 4.69) is 4.72 Å². The lowest BCUT2D eigenvalue weighted by Gasteiger charge is -2.31. The van der Waals surface area contributed by atoms with E-state index >= 15 is 0 Å². The lowest BCUT2D eigenvalue weighted by molar-refractivity contribution is 0.289. The van der Waals surface area contributed by atoms with Crippen molar-refractivity contribution in [1.29, 1.82) is 0 Å². The van der Waals surface area contributed by atoms with Gasteiger partial charge in [0.15, 0.2) is 0 Å². The number of hydrogen-bond acceptors (Lipinski definition) is 2. The molecule has 0 aromatic heterocycles. The first-order valence-electron chi connectivity index (χ1n) is 6.79. The average molecular weight is 303 g/mol. The first-order valence-corrected chi connectivity index (χ1v) is 8.68. The van der Waals surface area contributed by atoms with E-state index in [1.165, 1.54) is 6.07 Å². The van der Waals surface area contributed by atoms with Gasteiger partial charge in [-0.25, -0.2) is 21.9 Å². The molecule has 0 spiro atoms. The van der Waals surface area contributed by atoms with E-state index in [1.807, 2.05) is 0 Å². The third-order valence-corrected chi connectivity index (χ3v) is 4.44. The number of rotatable bonds is 4. The van der Waals surface area contributed by atoms with Crippen LogP contribution in [-0.2, 0) is 10.0 Å². The van der Waals surface area contributed by atoms with Crippen LogP contribution in [0.2, 0.25) is 0 Å². The molecule has 1 aliphatic rings. The Morgan fingerprint density at radius 3 is 2.40 bits per heavy atom. The van der Waals surface area contributed by atoms with Crippen molar-refractivity contribution in [2.24, 2.45) is 5.92 Å². The summed E-state index contributed by atoms with van der Waals surface area (Å²) in [5.74, 6) is -1.30. The van der Waals surface area contributed by atoms with Gasteiger partial charge in [-0.1, -0.05) is 25.3 Å². The summed E-state index contributed by atoms with van der Waals surface area (Å²) in [4.78, 5) is 0. The summed E-state index contributed by atoms with van der Waals surface area (Å²) in [5.41, 5.74) is 0.226. The standard InChI is InChI=1S/C14H19F2NO2S/c1-20(18,19)17-14(10-5-3-2-4-6-10)12-8-7-11(15)9-13(12)16/h7-10,14,17H,2-6H2,1H3. The predicted molar refractivity (Wildman–Crippen MR) is 73.7 cm³/mol. The van der Waals surface area contributed by atoms with Crippen LogP contribution in [-0.4, -0.2) is 14.7 Å². The van der Waals surface area contributed by atoms with Crippen LogP contribution in [0.3, 0.4) is 0 Å². The van der Waals surface area contributed by atoms with Crippen molar-refractivity contribution in [3.8, 4) is 0 Å². The maximum absolute atomic E-state index is 14.0. The lowest BCUT2D eigenvalue weighted by atomic mass is 9.81. The van der Waals surface area contributed by atoms with E-state index in [1.54, 1.807) is 0 Å². The summed E-state index contributed by atoms with van der Waals surface area (Å²) < 4.78 is 52.5. The summed E-state index contributed by atoms with van der Waals surface area (Å²) in [6, 6.07) is 2.68. The summed E-state index contributed by atoms with van der Waals surface area (Å²) in [7, 11) is -3.46. The SMILES string of the molecule is CS(=O)(=O)NC(c1ccc(F)cc1F)C1CCCCC1. The van der Waals surface area contributed by atoms with Crippen LogP contribution in [0.5, 0.6) is 0 Å². The fourth-order valence-electron chi connectivity index (χ4n) is 2.87. The maximum atomic E-state index is 14.0. The minimum Gasteiger partial charge on any atom is -0.213 e. The lowest BCUT2D eigenvalue weighted by Crippen LogP contribution is -2.34. The zero-order valence-corrected chi connectivity index (χ0v) is 12.2. The average Bonchev–Trinajstić information content (AvgIpc) is 2.36. The molecule has 0 bridgehead atoms. The Labute approximate surface area is 118 Å². The van der Waals surface area contributed by atoms with Crippen molar-refractivity contribution in [2.75, 3.05) is 6.26 Å². The van der Waals surface area contributed by atoms with Gasteiger partial charge in [-0.05, 0) is 24.8 Å². The van der Waals surface area contributed by atoms with Crippen molar-refractivity contribution in [3.63, 3.8) is 0 Å². The molecule has 1 atom stereocenters. The van der Waals surface area contributed by atoms with Crippen LogP contribution in [0, 0.1) is 17.6 Å². The van der Waals surface area contributed by atoms with E-state index < -0.39 is 27.7 Å². The second-order valence-corrected chi connectivity index (χ2v) is 7.21. The molecular weight excluding hydrogens is 284 g/mol. The predicted octanol–water partition coefficient (Wildman–Crippen LogP) is 3.14. The Hall–Kier alpha value is -1.01.